The molecule has 1 heterocycles. The Hall–Kier alpha value is -1.01. The summed E-state index contributed by atoms with van der Waals surface area (Å²) in [5.41, 5.74) is 5.35. The molecule has 0 aliphatic carbocycles. The number of hydrazone groups is 1. The summed E-state index contributed by atoms with van der Waals surface area (Å²) in [6, 6.07) is 0. The third kappa shape index (κ3) is 1.28. The van der Waals surface area contributed by atoms with E-state index in [1.165, 1.54) is 11.3 Å². The maximum atomic E-state index is 3.82. The summed E-state index contributed by atoms with van der Waals surface area (Å²) < 4.78 is 0. The summed E-state index contributed by atoms with van der Waals surface area (Å²) in [6.07, 6.45) is 1.89. The Morgan fingerprint density at radius 3 is 2.70 bits per heavy atom. The Morgan fingerprint density at radius 1 is 1.60 bits per heavy atom. The third-order valence-corrected chi connectivity index (χ3v) is 1.52. The molecule has 0 aromatic carbocycles. The number of hydrogen-bond donors (Lipinski definition) is 1. The van der Waals surface area contributed by atoms with E-state index in [2.05, 4.69) is 37.2 Å². The molecule has 0 bridgehead atoms. The standard InChI is InChI=1S/C8H12N2/c1-6(2)8-7(3)4-5-9-10-8/h4,6,10H,1-3H3. The minimum absolute atomic E-state index is 0.516. The quantitative estimate of drug-likeness (QED) is 0.582. The van der Waals surface area contributed by atoms with Gasteiger partial charge in [-0.3, -0.25) is 5.43 Å². The molecule has 1 aliphatic rings. The fourth-order valence-corrected chi connectivity index (χ4v) is 0.972. The summed E-state index contributed by atoms with van der Waals surface area (Å²) in [6.45, 7) is 6.34. The highest BCUT2D eigenvalue weighted by atomic mass is 15.3. The van der Waals surface area contributed by atoms with Crippen LogP contribution in [-0.2, 0) is 0 Å². The highest BCUT2D eigenvalue weighted by Gasteiger charge is 2.05. The fourth-order valence-electron chi connectivity index (χ4n) is 0.972. The number of nitrogens with zero attached hydrogens (tertiary/aromatic N) is 1. The fraction of sp³-hybridized carbons (Fsp3) is 0.500. The molecule has 54 valence electrons. The Kier molecular flexibility index (Phi) is 1.93. The van der Waals surface area contributed by atoms with E-state index in [0.717, 1.165) is 0 Å². The summed E-state index contributed by atoms with van der Waals surface area (Å²) >= 11 is 0. The van der Waals surface area contributed by atoms with Crippen molar-refractivity contribution in [1.82, 2.24) is 5.43 Å². The van der Waals surface area contributed by atoms with Gasteiger partial charge in [-0.1, -0.05) is 13.8 Å². The Bertz CT molecular complexity index is 217. The summed E-state index contributed by atoms with van der Waals surface area (Å²) in [4.78, 5) is 0. The van der Waals surface area contributed by atoms with Crippen LogP contribution in [-0.4, -0.2) is 5.87 Å². The van der Waals surface area contributed by atoms with Gasteiger partial charge >= 0.3 is 0 Å². The first-order valence-electron chi connectivity index (χ1n) is 3.47. The molecule has 0 spiro atoms. The molecule has 0 atom stereocenters. The molecule has 1 rings (SSSR count). The van der Waals surface area contributed by atoms with Crippen molar-refractivity contribution in [3.05, 3.63) is 17.3 Å². The van der Waals surface area contributed by atoms with Gasteiger partial charge in [-0.05, 0) is 18.4 Å². The average Bonchev–Trinajstić information content (AvgIpc) is 1.88. The highest BCUT2D eigenvalue weighted by Crippen LogP contribution is 2.13. The molecule has 0 aromatic rings. The van der Waals surface area contributed by atoms with Crippen LogP contribution in [0.4, 0.5) is 0 Å². The zero-order valence-corrected chi connectivity index (χ0v) is 6.60. The van der Waals surface area contributed by atoms with Gasteiger partial charge in [-0.2, -0.15) is 0 Å². The van der Waals surface area contributed by atoms with Crippen molar-refractivity contribution in [1.29, 1.82) is 0 Å². The molecule has 10 heavy (non-hydrogen) atoms. The Labute approximate surface area is 61.3 Å². The van der Waals surface area contributed by atoms with Gasteiger partial charge in [0.15, 0.2) is 0 Å². The molecular formula is C8H12N2. The summed E-state index contributed by atoms with van der Waals surface area (Å²) in [7, 11) is 0. The van der Waals surface area contributed by atoms with Crippen molar-refractivity contribution >= 4 is 5.87 Å². The molecule has 0 amide bonds. The van der Waals surface area contributed by atoms with Crippen LogP contribution < -0.4 is 5.43 Å². The lowest BCUT2D eigenvalue weighted by molar-refractivity contribution is 0.664. The van der Waals surface area contributed by atoms with E-state index < -0.39 is 0 Å². The Morgan fingerprint density at radius 2 is 2.30 bits per heavy atom. The van der Waals surface area contributed by atoms with E-state index in [0.29, 0.717) is 5.92 Å². The molecule has 2 nitrogen and oxygen atoms in total. The van der Waals surface area contributed by atoms with Gasteiger partial charge in [-0.15, -0.1) is 5.10 Å². The average molecular weight is 136 g/mol. The van der Waals surface area contributed by atoms with Crippen LogP contribution in [0.15, 0.2) is 22.4 Å². The van der Waals surface area contributed by atoms with Crippen molar-refractivity contribution < 1.29 is 0 Å². The lowest BCUT2D eigenvalue weighted by Crippen LogP contribution is -2.14. The number of nitrogens with one attached hydrogen (secondary N) is 1. The van der Waals surface area contributed by atoms with E-state index in [1.807, 2.05) is 6.08 Å². The van der Waals surface area contributed by atoms with Crippen LogP contribution in [0.2, 0.25) is 0 Å². The summed E-state index contributed by atoms with van der Waals surface area (Å²) in [5, 5.41) is 3.82. The van der Waals surface area contributed by atoms with Gasteiger partial charge < -0.3 is 0 Å². The van der Waals surface area contributed by atoms with Crippen LogP contribution >= 0.6 is 0 Å². The van der Waals surface area contributed by atoms with Gasteiger partial charge in [0.25, 0.3) is 0 Å². The number of hydrogen-bond acceptors (Lipinski definition) is 2. The molecule has 0 aromatic heterocycles. The Balaban J connectivity index is 2.88. The second-order valence-electron chi connectivity index (χ2n) is 2.75. The molecule has 0 saturated heterocycles. The second kappa shape index (κ2) is 2.72. The molecular weight excluding hydrogens is 124 g/mol. The normalized spacial score (nSPS) is 16.4. The maximum Gasteiger partial charge on any atom is 0.0404 e. The van der Waals surface area contributed by atoms with E-state index in [-0.39, 0.29) is 0 Å². The van der Waals surface area contributed by atoms with Crippen LogP contribution in [0.25, 0.3) is 0 Å². The van der Waals surface area contributed by atoms with Crippen LogP contribution in [0.3, 0.4) is 0 Å². The third-order valence-electron chi connectivity index (χ3n) is 1.52. The molecule has 1 aliphatic heterocycles. The van der Waals surface area contributed by atoms with Crippen molar-refractivity contribution in [3.63, 3.8) is 0 Å². The van der Waals surface area contributed by atoms with Gasteiger partial charge in [0.1, 0.15) is 0 Å². The lowest BCUT2D eigenvalue weighted by atomic mass is 10.1. The minimum atomic E-state index is 0.516. The van der Waals surface area contributed by atoms with E-state index in [4.69, 9.17) is 0 Å². The van der Waals surface area contributed by atoms with Crippen LogP contribution in [0.5, 0.6) is 0 Å². The molecule has 0 radical (unpaired) electrons. The van der Waals surface area contributed by atoms with E-state index in [9.17, 15) is 0 Å². The van der Waals surface area contributed by atoms with Gasteiger partial charge in [0.05, 0.1) is 0 Å². The van der Waals surface area contributed by atoms with E-state index in [1.54, 1.807) is 0 Å². The first-order valence-corrected chi connectivity index (χ1v) is 3.47. The van der Waals surface area contributed by atoms with Crippen molar-refractivity contribution in [2.24, 2.45) is 11.0 Å². The van der Waals surface area contributed by atoms with Crippen molar-refractivity contribution in [2.45, 2.75) is 20.8 Å². The largest absolute Gasteiger partial charge is 0.274 e. The maximum absolute atomic E-state index is 3.82. The number of allylic oxidation sites excluding steroid dienone is 3. The van der Waals surface area contributed by atoms with E-state index >= 15 is 0 Å². The zero-order valence-electron chi connectivity index (χ0n) is 6.60. The molecule has 0 fully saturated rings. The lowest BCUT2D eigenvalue weighted by Gasteiger charge is -2.13. The predicted octanol–water partition coefficient (Wildman–Crippen LogP) is 1.66. The predicted molar refractivity (Wildman–Crippen MR) is 42.7 cm³/mol. The highest BCUT2D eigenvalue weighted by molar-refractivity contribution is 5.59. The van der Waals surface area contributed by atoms with Gasteiger partial charge in [-0.25, -0.2) is 0 Å². The SMILES string of the molecule is CC1=C(C(C)C)NN=C=C1. The first kappa shape index (κ1) is 7.10. The van der Waals surface area contributed by atoms with Gasteiger partial charge in [0.2, 0.25) is 0 Å². The second-order valence-corrected chi connectivity index (χ2v) is 2.75. The number of rotatable bonds is 1. The smallest absolute Gasteiger partial charge is 0.0404 e. The van der Waals surface area contributed by atoms with Crippen molar-refractivity contribution in [3.8, 4) is 0 Å². The van der Waals surface area contributed by atoms with Gasteiger partial charge in [0, 0.05) is 17.6 Å². The molecule has 0 saturated carbocycles. The summed E-state index contributed by atoms with van der Waals surface area (Å²) in [5.74, 6) is 3.27. The first-order chi connectivity index (χ1) is 4.72. The minimum Gasteiger partial charge on any atom is -0.274 e. The zero-order chi connectivity index (χ0) is 7.56. The monoisotopic (exact) mass is 136 g/mol. The van der Waals surface area contributed by atoms with Crippen LogP contribution in [0, 0.1) is 5.92 Å². The van der Waals surface area contributed by atoms with Crippen LogP contribution in [0.1, 0.15) is 20.8 Å². The molecule has 2 heteroatoms. The molecule has 0 unspecified atom stereocenters. The molecule has 1 N–H and O–H groups in total. The topological polar surface area (TPSA) is 24.4 Å². The van der Waals surface area contributed by atoms with Crippen molar-refractivity contribution in [2.75, 3.05) is 0 Å².